The Balaban J connectivity index is 1.45. The maximum atomic E-state index is 12.4. The molecule has 2 aliphatic rings. The SMILES string of the molecule is Cc1ccc(OCC(=O)N2CCN(C(=O)C3CCCO3)CC2)c(C)c1. The fourth-order valence-electron chi connectivity index (χ4n) is 3.34. The summed E-state index contributed by atoms with van der Waals surface area (Å²) in [5.74, 6) is 0.770. The molecule has 0 radical (unpaired) electrons. The van der Waals surface area contributed by atoms with E-state index in [4.69, 9.17) is 9.47 Å². The van der Waals surface area contributed by atoms with Crippen molar-refractivity contribution in [1.82, 2.24) is 9.80 Å². The summed E-state index contributed by atoms with van der Waals surface area (Å²) in [6.07, 6.45) is 1.47. The van der Waals surface area contributed by atoms with Crippen LogP contribution in [0.3, 0.4) is 0 Å². The molecule has 2 aliphatic heterocycles. The molecule has 25 heavy (non-hydrogen) atoms. The van der Waals surface area contributed by atoms with Gasteiger partial charge in [0, 0.05) is 32.8 Å². The summed E-state index contributed by atoms with van der Waals surface area (Å²) >= 11 is 0. The quantitative estimate of drug-likeness (QED) is 0.830. The van der Waals surface area contributed by atoms with E-state index in [1.54, 1.807) is 4.90 Å². The lowest BCUT2D eigenvalue weighted by molar-refractivity contribution is -0.146. The summed E-state index contributed by atoms with van der Waals surface area (Å²) < 4.78 is 11.1. The largest absolute Gasteiger partial charge is 0.484 e. The third-order valence-electron chi connectivity index (χ3n) is 4.83. The monoisotopic (exact) mass is 346 g/mol. The molecule has 2 saturated heterocycles. The number of aryl methyl sites for hydroxylation is 2. The smallest absolute Gasteiger partial charge is 0.260 e. The molecule has 2 heterocycles. The molecule has 0 bridgehead atoms. The average molecular weight is 346 g/mol. The number of hydrogen-bond acceptors (Lipinski definition) is 4. The molecule has 1 unspecified atom stereocenters. The van der Waals surface area contributed by atoms with Gasteiger partial charge in [-0.25, -0.2) is 0 Å². The summed E-state index contributed by atoms with van der Waals surface area (Å²) in [6.45, 7) is 6.93. The Hall–Kier alpha value is -2.08. The predicted octanol–water partition coefficient (Wildman–Crippen LogP) is 1.53. The molecule has 6 nitrogen and oxygen atoms in total. The molecule has 1 aromatic carbocycles. The van der Waals surface area contributed by atoms with Gasteiger partial charge in [0.15, 0.2) is 6.61 Å². The molecule has 2 amide bonds. The van der Waals surface area contributed by atoms with Gasteiger partial charge in [0.2, 0.25) is 0 Å². The van der Waals surface area contributed by atoms with Crippen molar-refractivity contribution in [3.8, 4) is 5.75 Å². The zero-order valence-electron chi connectivity index (χ0n) is 15.0. The fourth-order valence-corrected chi connectivity index (χ4v) is 3.34. The van der Waals surface area contributed by atoms with E-state index < -0.39 is 0 Å². The van der Waals surface area contributed by atoms with Gasteiger partial charge < -0.3 is 19.3 Å². The van der Waals surface area contributed by atoms with Crippen molar-refractivity contribution in [3.05, 3.63) is 29.3 Å². The first-order valence-corrected chi connectivity index (χ1v) is 8.93. The predicted molar refractivity (Wildman–Crippen MR) is 93.5 cm³/mol. The van der Waals surface area contributed by atoms with Crippen molar-refractivity contribution >= 4 is 11.8 Å². The van der Waals surface area contributed by atoms with E-state index in [9.17, 15) is 9.59 Å². The van der Waals surface area contributed by atoms with E-state index in [1.165, 1.54) is 5.56 Å². The molecule has 0 N–H and O–H groups in total. The summed E-state index contributed by atoms with van der Waals surface area (Å²) in [4.78, 5) is 28.3. The number of ether oxygens (including phenoxy) is 2. The Kier molecular flexibility index (Phi) is 5.58. The third kappa shape index (κ3) is 4.31. The molecule has 0 saturated carbocycles. The Morgan fingerprint density at radius 1 is 1.16 bits per heavy atom. The maximum Gasteiger partial charge on any atom is 0.260 e. The highest BCUT2D eigenvalue weighted by atomic mass is 16.5. The second-order valence-corrected chi connectivity index (χ2v) is 6.77. The zero-order chi connectivity index (χ0) is 17.8. The standard InChI is InChI=1S/C19H26N2O4/c1-14-5-6-16(15(2)12-14)25-13-18(22)20-7-9-21(10-8-20)19(23)17-4-3-11-24-17/h5-6,12,17H,3-4,7-11,13H2,1-2H3. The van der Waals surface area contributed by atoms with E-state index in [0.29, 0.717) is 32.8 Å². The second kappa shape index (κ2) is 7.87. The van der Waals surface area contributed by atoms with Crippen LogP contribution in [0, 0.1) is 13.8 Å². The summed E-state index contributed by atoms with van der Waals surface area (Å²) in [5.41, 5.74) is 2.20. The van der Waals surface area contributed by atoms with Gasteiger partial charge in [-0.05, 0) is 38.3 Å². The van der Waals surface area contributed by atoms with E-state index >= 15 is 0 Å². The number of nitrogens with zero attached hydrogens (tertiary/aromatic N) is 2. The molecule has 2 fully saturated rings. The van der Waals surface area contributed by atoms with Crippen LogP contribution in [0.15, 0.2) is 18.2 Å². The molecule has 1 aromatic rings. The molecule has 136 valence electrons. The normalized spacial score (nSPS) is 20.6. The van der Waals surface area contributed by atoms with Crippen LogP contribution in [0.5, 0.6) is 5.75 Å². The van der Waals surface area contributed by atoms with Crippen LogP contribution in [0.1, 0.15) is 24.0 Å². The van der Waals surface area contributed by atoms with Crippen LogP contribution >= 0.6 is 0 Å². The van der Waals surface area contributed by atoms with Crippen molar-refractivity contribution in [2.45, 2.75) is 32.8 Å². The maximum absolute atomic E-state index is 12.4. The van der Waals surface area contributed by atoms with Gasteiger partial charge in [-0.1, -0.05) is 17.7 Å². The zero-order valence-corrected chi connectivity index (χ0v) is 15.0. The van der Waals surface area contributed by atoms with E-state index in [-0.39, 0.29) is 24.5 Å². The summed E-state index contributed by atoms with van der Waals surface area (Å²) in [5, 5.41) is 0. The van der Waals surface area contributed by atoms with E-state index in [0.717, 1.165) is 24.2 Å². The first-order chi connectivity index (χ1) is 12.0. The van der Waals surface area contributed by atoms with Crippen molar-refractivity contribution in [2.24, 2.45) is 0 Å². The van der Waals surface area contributed by atoms with Gasteiger partial charge in [-0.15, -0.1) is 0 Å². The molecule has 0 aromatic heterocycles. The van der Waals surface area contributed by atoms with Crippen LogP contribution in [0.25, 0.3) is 0 Å². The molecule has 6 heteroatoms. The van der Waals surface area contributed by atoms with Crippen molar-refractivity contribution in [1.29, 1.82) is 0 Å². The topological polar surface area (TPSA) is 59.1 Å². The first kappa shape index (κ1) is 17.7. The van der Waals surface area contributed by atoms with Crippen LogP contribution < -0.4 is 4.74 Å². The van der Waals surface area contributed by atoms with E-state index in [1.807, 2.05) is 36.9 Å². The summed E-state index contributed by atoms with van der Waals surface area (Å²) in [6, 6.07) is 5.91. The number of carbonyl (C=O) groups is 2. The fraction of sp³-hybridized carbons (Fsp3) is 0.579. The van der Waals surface area contributed by atoms with Gasteiger partial charge in [0.1, 0.15) is 11.9 Å². The molecule has 0 aliphatic carbocycles. The lowest BCUT2D eigenvalue weighted by Gasteiger charge is -2.35. The highest BCUT2D eigenvalue weighted by molar-refractivity contribution is 5.82. The van der Waals surface area contributed by atoms with Crippen molar-refractivity contribution in [3.63, 3.8) is 0 Å². The van der Waals surface area contributed by atoms with Gasteiger partial charge in [0.25, 0.3) is 11.8 Å². The molecule has 1 atom stereocenters. The first-order valence-electron chi connectivity index (χ1n) is 8.93. The van der Waals surface area contributed by atoms with Crippen LogP contribution in [0.2, 0.25) is 0 Å². The third-order valence-corrected chi connectivity index (χ3v) is 4.83. The van der Waals surface area contributed by atoms with Gasteiger partial charge in [0.05, 0.1) is 0 Å². The lowest BCUT2D eigenvalue weighted by atomic mass is 10.1. The number of carbonyl (C=O) groups excluding carboxylic acids is 2. The van der Waals surface area contributed by atoms with E-state index in [2.05, 4.69) is 0 Å². The molecule has 3 rings (SSSR count). The minimum atomic E-state index is -0.282. The second-order valence-electron chi connectivity index (χ2n) is 6.77. The number of amides is 2. The van der Waals surface area contributed by atoms with Crippen LogP contribution in [-0.4, -0.2) is 67.1 Å². The minimum absolute atomic E-state index is 0.0313. The minimum Gasteiger partial charge on any atom is -0.484 e. The van der Waals surface area contributed by atoms with Gasteiger partial charge >= 0.3 is 0 Å². The van der Waals surface area contributed by atoms with Gasteiger partial charge in [-0.2, -0.15) is 0 Å². The number of rotatable bonds is 4. The molecular weight excluding hydrogens is 320 g/mol. The Morgan fingerprint density at radius 3 is 2.52 bits per heavy atom. The Bertz CT molecular complexity index is 632. The highest BCUT2D eigenvalue weighted by Crippen LogP contribution is 2.19. The van der Waals surface area contributed by atoms with Crippen LogP contribution in [0.4, 0.5) is 0 Å². The number of benzene rings is 1. The summed E-state index contributed by atoms with van der Waals surface area (Å²) in [7, 11) is 0. The lowest BCUT2D eigenvalue weighted by Crippen LogP contribution is -2.53. The van der Waals surface area contributed by atoms with Crippen LogP contribution in [-0.2, 0) is 14.3 Å². The molecular formula is C19H26N2O4. The van der Waals surface area contributed by atoms with Gasteiger partial charge in [-0.3, -0.25) is 9.59 Å². The Morgan fingerprint density at radius 2 is 1.88 bits per heavy atom. The average Bonchev–Trinajstić information content (AvgIpc) is 3.15. The Labute approximate surface area is 148 Å². The highest BCUT2D eigenvalue weighted by Gasteiger charge is 2.31. The number of piperazine rings is 1. The van der Waals surface area contributed by atoms with Crippen molar-refractivity contribution in [2.75, 3.05) is 39.4 Å². The molecule has 0 spiro atoms. The van der Waals surface area contributed by atoms with Crippen molar-refractivity contribution < 1.29 is 19.1 Å². The number of hydrogen-bond donors (Lipinski definition) is 0.